The Hall–Kier alpha value is -2.48. The topological polar surface area (TPSA) is 90.6 Å². The average molecular weight is 417 g/mol. The van der Waals surface area contributed by atoms with Crippen LogP contribution in [0.25, 0.3) is 11.3 Å². The van der Waals surface area contributed by atoms with Crippen LogP contribution in [0.5, 0.6) is 0 Å². The maximum Gasteiger partial charge on any atom is 0.410 e. The lowest BCUT2D eigenvalue weighted by molar-refractivity contribution is -0.0103. The molecule has 8 nitrogen and oxygen atoms in total. The zero-order valence-electron chi connectivity index (χ0n) is 18.8. The molecule has 0 aromatic carbocycles. The second-order valence-corrected chi connectivity index (χ2v) is 8.02. The lowest BCUT2D eigenvalue weighted by Gasteiger charge is -2.34. The van der Waals surface area contributed by atoms with Gasteiger partial charge in [-0.25, -0.2) is 14.8 Å². The number of nitrogens with zero attached hydrogens (tertiary/aromatic N) is 4. The van der Waals surface area contributed by atoms with E-state index in [1.165, 1.54) is 0 Å². The first kappa shape index (κ1) is 22.2. The quantitative estimate of drug-likeness (QED) is 0.704. The molecule has 1 atom stereocenters. The van der Waals surface area contributed by atoms with Gasteiger partial charge >= 0.3 is 6.09 Å². The Labute approximate surface area is 178 Å². The van der Waals surface area contributed by atoms with Crippen LogP contribution in [0.2, 0.25) is 0 Å². The van der Waals surface area contributed by atoms with Crippen LogP contribution in [0.1, 0.15) is 61.6 Å². The molecule has 0 aliphatic carbocycles. The first-order valence-corrected chi connectivity index (χ1v) is 10.6. The highest BCUT2D eigenvalue weighted by Crippen LogP contribution is 2.31. The lowest BCUT2D eigenvalue weighted by atomic mass is 9.99. The summed E-state index contributed by atoms with van der Waals surface area (Å²) in [5.41, 5.74) is 4.64. The van der Waals surface area contributed by atoms with Crippen LogP contribution in [0.4, 0.5) is 4.79 Å². The molecule has 1 aliphatic rings. The Morgan fingerprint density at radius 1 is 1.27 bits per heavy atom. The number of aromatic nitrogens is 3. The van der Waals surface area contributed by atoms with Crippen molar-refractivity contribution in [3.8, 4) is 11.3 Å². The van der Waals surface area contributed by atoms with Gasteiger partial charge in [0.05, 0.1) is 42.8 Å². The lowest BCUT2D eigenvalue weighted by Crippen LogP contribution is -2.49. The van der Waals surface area contributed by atoms with Gasteiger partial charge in [0.25, 0.3) is 0 Å². The predicted molar refractivity (Wildman–Crippen MR) is 112 cm³/mol. The largest absolute Gasteiger partial charge is 0.450 e. The van der Waals surface area contributed by atoms with Gasteiger partial charge in [0, 0.05) is 18.2 Å². The number of carbonyl (C=O) groups is 1. The van der Waals surface area contributed by atoms with E-state index in [4.69, 9.17) is 24.0 Å². The molecular formula is C22H32N4O4. The first-order valence-electron chi connectivity index (χ1n) is 10.6. The molecule has 0 radical (unpaired) electrons. The minimum absolute atomic E-state index is 0.0304. The second kappa shape index (κ2) is 9.55. The Morgan fingerprint density at radius 2 is 2.03 bits per heavy atom. The molecule has 0 bridgehead atoms. The minimum atomic E-state index is -0.274. The van der Waals surface area contributed by atoms with Crippen molar-refractivity contribution >= 4 is 6.09 Å². The van der Waals surface area contributed by atoms with Crippen molar-refractivity contribution in [2.75, 3.05) is 26.4 Å². The molecule has 3 rings (SSSR count). The molecule has 8 heteroatoms. The van der Waals surface area contributed by atoms with Crippen molar-refractivity contribution in [2.45, 2.75) is 66.3 Å². The number of hydrogen-bond acceptors (Lipinski definition) is 7. The molecule has 30 heavy (non-hydrogen) atoms. The maximum absolute atomic E-state index is 12.3. The van der Waals surface area contributed by atoms with Gasteiger partial charge in [0.1, 0.15) is 11.6 Å². The zero-order valence-corrected chi connectivity index (χ0v) is 18.8. The molecule has 1 amide bonds. The number of aryl methyl sites for hydroxylation is 3. The third-order valence-electron chi connectivity index (χ3n) is 5.49. The summed E-state index contributed by atoms with van der Waals surface area (Å²) in [4.78, 5) is 23.8. The van der Waals surface area contributed by atoms with Crippen molar-refractivity contribution in [1.29, 1.82) is 0 Å². The molecule has 1 aliphatic heterocycles. The van der Waals surface area contributed by atoms with Gasteiger partial charge in [-0.15, -0.1) is 0 Å². The highest BCUT2D eigenvalue weighted by atomic mass is 16.6. The van der Waals surface area contributed by atoms with Crippen LogP contribution in [0.15, 0.2) is 4.52 Å². The van der Waals surface area contributed by atoms with Gasteiger partial charge < -0.3 is 18.9 Å². The summed E-state index contributed by atoms with van der Waals surface area (Å²) in [7, 11) is 0. The van der Waals surface area contributed by atoms with E-state index in [0.717, 1.165) is 46.2 Å². The van der Waals surface area contributed by atoms with Gasteiger partial charge in [-0.05, 0) is 46.1 Å². The van der Waals surface area contributed by atoms with Crippen molar-refractivity contribution < 1.29 is 18.8 Å². The molecular weight excluding hydrogens is 384 g/mol. The Kier molecular flexibility index (Phi) is 7.07. The fourth-order valence-electron chi connectivity index (χ4n) is 3.79. The minimum Gasteiger partial charge on any atom is -0.450 e. The van der Waals surface area contributed by atoms with Crippen LogP contribution in [0.3, 0.4) is 0 Å². The third kappa shape index (κ3) is 4.64. The van der Waals surface area contributed by atoms with Crippen molar-refractivity contribution in [3.05, 3.63) is 28.5 Å². The Morgan fingerprint density at radius 3 is 2.67 bits per heavy atom. The summed E-state index contributed by atoms with van der Waals surface area (Å²) in [5, 5.41) is 4.09. The molecule has 0 spiro atoms. The molecule has 2 aromatic rings. The van der Waals surface area contributed by atoms with E-state index in [-0.39, 0.29) is 18.1 Å². The standard InChI is InChI=1S/C22H32N4O4/c1-7-29-22(27)26-10-11-28-12-17(26)8-9-18-14(4)20(24-21(23-18)13(2)3)19-15(5)25-30-16(19)6/h13,17H,7-12H2,1-6H3/t17-/m0/s1. The van der Waals surface area contributed by atoms with Crippen LogP contribution < -0.4 is 0 Å². The Bertz CT molecular complexity index is 874. The first-order chi connectivity index (χ1) is 14.3. The number of rotatable bonds is 6. The molecule has 1 saturated heterocycles. The fourth-order valence-corrected chi connectivity index (χ4v) is 3.79. The highest BCUT2D eigenvalue weighted by molar-refractivity contribution is 5.68. The van der Waals surface area contributed by atoms with E-state index in [9.17, 15) is 4.79 Å². The maximum atomic E-state index is 12.3. The molecule has 3 heterocycles. The number of carbonyl (C=O) groups excluding carboxylic acids is 1. The molecule has 1 fully saturated rings. The van der Waals surface area contributed by atoms with E-state index < -0.39 is 0 Å². The van der Waals surface area contributed by atoms with Gasteiger partial charge in [0.15, 0.2) is 0 Å². The summed E-state index contributed by atoms with van der Waals surface area (Å²) in [6.45, 7) is 13.8. The zero-order chi connectivity index (χ0) is 21.8. The molecule has 0 unspecified atom stereocenters. The summed E-state index contributed by atoms with van der Waals surface area (Å²) < 4.78 is 16.2. The van der Waals surface area contributed by atoms with Gasteiger partial charge in [0.2, 0.25) is 0 Å². The predicted octanol–water partition coefficient (Wildman–Crippen LogP) is 3.97. The van der Waals surface area contributed by atoms with E-state index in [0.29, 0.717) is 32.8 Å². The summed E-state index contributed by atoms with van der Waals surface area (Å²) in [6, 6.07) is -0.0304. The van der Waals surface area contributed by atoms with E-state index in [1.54, 1.807) is 4.90 Å². The molecule has 2 aromatic heterocycles. The van der Waals surface area contributed by atoms with Crippen LogP contribution in [0, 0.1) is 20.8 Å². The van der Waals surface area contributed by atoms with Crippen LogP contribution in [-0.4, -0.2) is 58.5 Å². The summed E-state index contributed by atoms with van der Waals surface area (Å²) >= 11 is 0. The SMILES string of the molecule is CCOC(=O)N1CCOC[C@@H]1CCc1nc(C(C)C)nc(-c2c(C)noc2C)c1C. The number of amides is 1. The number of morpholine rings is 1. The van der Waals surface area contributed by atoms with E-state index in [2.05, 4.69) is 19.0 Å². The summed E-state index contributed by atoms with van der Waals surface area (Å²) in [6.07, 6.45) is 1.19. The van der Waals surface area contributed by atoms with Crippen molar-refractivity contribution in [3.63, 3.8) is 0 Å². The molecule has 0 saturated carbocycles. The van der Waals surface area contributed by atoms with Crippen molar-refractivity contribution in [1.82, 2.24) is 20.0 Å². The number of hydrogen-bond donors (Lipinski definition) is 0. The van der Waals surface area contributed by atoms with Crippen LogP contribution in [-0.2, 0) is 15.9 Å². The van der Waals surface area contributed by atoms with Gasteiger partial charge in [-0.1, -0.05) is 19.0 Å². The highest BCUT2D eigenvalue weighted by Gasteiger charge is 2.29. The van der Waals surface area contributed by atoms with Gasteiger partial charge in [-0.2, -0.15) is 0 Å². The summed E-state index contributed by atoms with van der Waals surface area (Å²) in [5.74, 6) is 1.74. The second-order valence-electron chi connectivity index (χ2n) is 8.02. The monoisotopic (exact) mass is 416 g/mol. The number of ether oxygens (including phenoxy) is 2. The molecule has 0 N–H and O–H groups in total. The van der Waals surface area contributed by atoms with E-state index in [1.807, 2.05) is 27.7 Å². The fraction of sp³-hybridized carbons (Fsp3) is 0.636. The van der Waals surface area contributed by atoms with Gasteiger partial charge in [-0.3, -0.25) is 0 Å². The van der Waals surface area contributed by atoms with Crippen LogP contribution >= 0.6 is 0 Å². The Balaban J connectivity index is 1.89. The molecule has 164 valence electrons. The smallest absolute Gasteiger partial charge is 0.410 e. The third-order valence-corrected chi connectivity index (χ3v) is 5.49. The average Bonchev–Trinajstić information content (AvgIpc) is 3.05. The normalized spacial score (nSPS) is 16.9. The van der Waals surface area contributed by atoms with E-state index >= 15 is 0 Å². The van der Waals surface area contributed by atoms with Crippen molar-refractivity contribution in [2.24, 2.45) is 0 Å².